The monoisotopic (exact) mass is 148 g/mol. The molecule has 59 valence electrons. The fourth-order valence-corrected chi connectivity index (χ4v) is 1.92. The van der Waals surface area contributed by atoms with E-state index >= 15 is 0 Å². The van der Waals surface area contributed by atoms with E-state index < -0.39 is 0 Å². The van der Waals surface area contributed by atoms with Crippen LogP contribution in [-0.2, 0) is 0 Å². The van der Waals surface area contributed by atoms with Gasteiger partial charge in [-0.15, -0.1) is 0 Å². The van der Waals surface area contributed by atoms with Gasteiger partial charge in [-0.3, -0.25) is 0 Å². The van der Waals surface area contributed by atoms with Gasteiger partial charge in [0.25, 0.3) is 0 Å². The van der Waals surface area contributed by atoms with Crippen LogP contribution in [0.25, 0.3) is 0 Å². The van der Waals surface area contributed by atoms with Crippen LogP contribution in [0.15, 0.2) is 23.9 Å². The Labute approximate surface area is 68.2 Å². The van der Waals surface area contributed by atoms with Crippen LogP contribution in [0, 0.1) is 12.5 Å². The van der Waals surface area contributed by atoms with E-state index in [9.17, 15) is 0 Å². The summed E-state index contributed by atoms with van der Waals surface area (Å²) in [5.74, 6) is 0.840. The molecule has 0 aromatic rings. The summed E-state index contributed by atoms with van der Waals surface area (Å²) in [5, 5.41) is 3.14. The zero-order chi connectivity index (χ0) is 7.52. The zero-order valence-electron chi connectivity index (χ0n) is 6.72. The van der Waals surface area contributed by atoms with Crippen LogP contribution in [0.1, 0.15) is 25.7 Å². The molecule has 1 nitrogen and oxygen atoms in total. The molecular formula is C10H14N. The van der Waals surface area contributed by atoms with Gasteiger partial charge >= 0.3 is 0 Å². The Morgan fingerprint density at radius 3 is 2.73 bits per heavy atom. The molecule has 0 bridgehead atoms. The van der Waals surface area contributed by atoms with E-state index in [1.165, 1.54) is 31.3 Å². The molecule has 0 saturated heterocycles. The number of nitrogens with one attached hydrogen (secondary N) is 1. The number of hydrogen-bond donors (Lipinski definition) is 1. The van der Waals surface area contributed by atoms with Crippen molar-refractivity contribution in [3.63, 3.8) is 0 Å². The Bertz CT molecular complexity index is 185. The van der Waals surface area contributed by atoms with Crippen molar-refractivity contribution >= 4 is 0 Å². The van der Waals surface area contributed by atoms with Gasteiger partial charge in [0.15, 0.2) is 0 Å². The van der Waals surface area contributed by atoms with Crippen molar-refractivity contribution in [2.24, 2.45) is 5.92 Å². The molecule has 0 aromatic heterocycles. The van der Waals surface area contributed by atoms with Gasteiger partial charge in [0, 0.05) is 0 Å². The topological polar surface area (TPSA) is 12.0 Å². The maximum atomic E-state index is 3.14. The second-order valence-corrected chi connectivity index (χ2v) is 3.32. The first-order valence-corrected chi connectivity index (χ1v) is 4.43. The molecule has 2 rings (SSSR count). The third-order valence-corrected chi connectivity index (χ3v) is 2.56. The predicted molar refractivity (Wildman–Crippen MR) is 46.6 cm³/mol. The maximum Gasteiger partial charge on any atom is 0.0714 e. The van der Waals surface area contributed by atoms with Gasteiger partial charge in [-0.05, 0) is 36.6 Å². The van der Waals surface area contributed by atoms with Crippen LogP contribution >= 0.6 is 0 Å². The Morgan fingerprint density at radius 1 is 1.27 bits per heavy atom. The highest BCUT2D eigenvalue weighted by molar-refractivity contribution is 5.26. The predicted octanol–water partition coefficient (Wildman–Crippen LogP) is 2.38. The third kappa shape index (κ3) is 1.47. The summed E-state index contributed by atoms with van der Waals surface area (Å²) in [4.78, 5) is 0. The van der Waals surface area contributed by atoms with Gasteiger partial charge in [-0.1, -0.05) is 18.9 Å². The van der Waals surface area contributed by atoms with E-state index in [1.807, 2.05) is 6.20 Å². The minimum Gasteiger partial charge on any atom is -0.382 e. The molecule has 2 aliphatic rings. The molecule has 11 heavy (non-hydrogen) atoms. The first-order chi connectivity index (χ1) is 5.47. The van der Waals surface area contributed by atoms with E-state index in [0.717, 1.165) is 5.92 Å². The quantitative estimate of drug-likeness (QED) is 0.602. The van der Waals surface area contributed by atoms with Crippen LogP contribution in [0.4, 0.5) is 0 Å². The molecule has 1 heterocycles. The molecule has 1 saturated carbocycles. The number of hydrogen-bond acceptors (Lipinski definition) is 1. The summed E-state index contributed by atoms with van der Waals surface area (Å²) in [6.07, 6.45) is 11.9. The van der Waals surface area contributed by atoms with Gasteiger partial charge in [0.05, 0.1) is 6.54 Å². The Hall–Kier alpha value is -0.720. The van der Waals surface area contributed by atoms with Gasteiger partial charge in [0.1, 0.15) is 0 Å². The first-order valence-electron chi connectivity index (χ1n) is 4.43. The lowest BCUT2D eigenvalue weighted by Gasteiger charge is -2.15. The summed E-state index contributed by atoms with van der Waals surface area (Å²) in [6.45, 7) is 2.13. The largest absolute Gasteiger partial charge is 0.382 e. The molecule has 0 unspecified atom stereocenters. The number of allylic oxidation sites excluding steroid dienone is 2. The van der Waals surface area contributed by atoms with Gasteiger partial charge in [0.2, 0.25) is 0 Å². The lowest BCUT2D eigenvalue weighted by Crippen LogP contribution is -2.11. The summed E-state index contributed by atoms with van der Waals surface area (Å²) < 4.78 is 0. The summed E-state index contributed by atoms with van der Waals surface area (Å²) in [5.41, 5.74) is 1.49. The number of dihydropyridines is 1. The van der Waals surface area contributed by atoms with Crippen molar-refractivity contribution in [2.45, 2.75) is 25.7 Å². The lowest BCUT2D eigenvalue weighted by molar-refractivity contribution is 0.636. The van der Waals surface area contributed by atoms with Crippen LogP contribution < -0.4 is 5.32 Å². The number of rotatable bonds is 1. The fourth-order valence-electron chi connectivity index (χ4n) is 1.92. The molecule has 1 fully saturated rings. The van der Waals surface area contributed by atoms with Crippen molar-refractivity contribution < 1.29 is 0 Å². The SMILES string of the molecule is [CH]1NC=CC=C1C1CCCC1. The standard InChI is InChI=1S/C10H14N/c1-2-5-9(4-1)10-6-3-7-11-8-10/h3,6-9,11H,1-2,4-5H2. The highest BCUT2D eigenvalue weighted by Gasteiger charge is 2.19. The normalized spacial score (nSPS) is 24.9. The summed E-state index contributed by atoms with van der Waals surface area (Å²) in [7, 11) is 0. The van der Waals surface area contributed by atoms with Crippen LogP contribution in [0.3, 0.4) is 0 Å². The summed E-state index contributed by atoms with van der Waals surface area (Å²) >= 11 is 0. The average Bonchev–Trinajstić information content (AvgIpc) is 2.58. The maximum absolute atomic E-state index is 3.14. The van der Waals surface area contributed by atoms with E-state index in [0.29, 0.717) is 0 Å². The van der Waals surface area contributed by atoms with E-state index in [-0.39, 0.29) is 0 Å². The average molecular weight is 148 g/mol. The first kappa shape index (κ1) is 6.96. The molecule has 1 aliphatic carbocycles. The molecule has 0 atom stereocenters. The van der Waals surface area contributed by atoms with Gasteiger partial charge in [-0.2, -0.15) is 0 Å². The van der Waals surface area contributed by atoms with E-state index in [1.54, 1.807) is 0 Å². The second kappa shape index (κ2) is 3.12. The van der Waals surface area contributed by atoms with Crippen molar-refractivity contribution in [1.82, 2.24) is 5.32 Å². The van der Waals surface area contributed by atoms with Crippen molar-refractivity contribution in [3.05, 3.63) is 30.5 Å². The highest BCUT2D eigenvalue weighted by Crippen LogP contribution is 2.32. The van der Waals surface area contributed by atoms with Crippen molar-refractivity contribution in [2.75, 3.05) is 0 Å². The molecule has 1 heteroatoms. The Balaban J connectivity index is 2.02. The Morgan fingerprint density at radius 2 is 2.09 bits per heavy atom. The molecule has 0 spiro atoms. The van der Waals surface area contributed by atoms with Gasteiger partial charge in [-0.25, -0.2) is 0 Å². The van der Waals surface area contributed by atoms with E-state index in [4.69, 9.17) is 0 Å². The second-order valence-electron chi connectivity index (χ2n) is 3.32. The minimum atomic E-state index is 0.840. The molecule has 1 radical (unpaired) electrons. The lowest BCUT2D eigenvalue weighted by atomic mass is 9.96. The summed E-state index contributed by atoms with van der Waals surface area (Å²) in [6, 6.07) is 0. The minimum absolute atomic E-state index is 0.840. The third-order valence-electron chi connectivity index (χ3n) is 2.56. The molecule has 0 aromatic carbocycles. The van der Waals surface area contributed by atoms with Crippen LogP contribution in [0.5, 0.6) is 0 Å². The van der Waals surface area contributed by atoms with Crippen molar-refractivity contribution in [1.29, 1.82) is 0 Å². The highest BCUT2D eigenvalue weighted by atomic mass is 14.8. The molecule has 0 amide bonds. The van der Waals surface area contributed by atoms with E-state index in [2.05, 4.69) is 24.0 Å². The molecular weight excluding hydrogens is 134 g/mol. The molecule has 1 N–H and O–H groups in total. The van der Waals surface area contributed by atoms with Crippen molar-refractivity contribution in [3.8, 4) is 0 Å². The zero-order valence-corrected chi connectivity index (χ0v) is 6.72. The fraction of sp³-hybridized carbons (Fsp3) is 0.500. The Kier molecular flexibility index (Phi) is 1.97. The van der Waals surface area contributed by atoms with Crippen LogP contribution in [-0.4, -0.2) is 0 Å². The van der Waals surface area contributed by atoms with Crippen LogP contribution in [0.2, 0.25) is 0 Å². The van der Waals surface area contributed by atoms with Gasteiger partial charge < -0.3 is 5.32 Å². The molecule has 1 aliphatic heterocycles. The smallest absolute Gasteiger partial charge is 0.0714 e.